The first-order valence-electron chi connectivity index (χ1n) is 5.06. The van der Waals surface area contributed by atoms with Crippen LogP contribution in [-0.4, -0.2) is 13.2 Å². The van der Waals surface area contributed by atoms with Gasteiger partial charge < -0.3 is 10.5 Å². The summed E-state index contributed by atoms with van der Waals surface area (Å²) in [4.78, 5) is 0. The molecule has 0 heterocycles. The van der Waals surface area contributed by atoms with Gasteiger partial charge in [-0.2, -0.15) is 0 Å². The second kappa shape index (κ2) is 4.47. The number of ether oxygens (including phenoxy) is 1. The normalized spacial score (nSPS) is 11.4. The number of hydrogen-bond donors (Lipinski definition) is 1. The van der Waals surface area contributed by atoms with E-state index in [9.17, 15) is 0 Å². The predicted octanol–water partition coefficient (Wildman–Crippen LogP) is 1.60. The number of quaternary nitrogens is 1. The lowest BCUT2D eigenvalue weighted by atomic mass is 9.87. The molecule has 0 saturated heterocycles. The first kappa shape index (κ1) is 11.1. The van der Waals surface area contributed by atoms with E-state index >= 15 is 0 Å². The summed E-state index contributed by atoms with van der Waals surface area (Å²) >= 11 is 0. The maximum absolute atomic E-state index is 5.46. The van der Waals surface area contributed by atoms with Gasteiger partial charge in [0.2, 0.25) is 0 Å². The second-order valence-corrected chi connectivity index (χ2v) is 4.48. The monoisotopic (exact) mass is 194 g/mol. The Hall–Kier alpha value is -1.02. The highest BCUT2D eigenvalue weighted by Crippen LogP contribution is 2.24. The van der Waals surface area contributed by atoms with E-state index in [2.05, 4.69) is 38.6 Å². The molecule has 0 aliphatic rings. The molecule has 3 N–H and O–H groups in total. The first-order chi connectivity index (χ1) is 6.54. The van der Waals surface area contributed by atoms with Gasteiger partial charge in [-0.15, -0.1) is 0 Å². The molecule has 0 radical (unpaired) electrons. The molecule has 1 aromatic rings. The van der Waals surface area contributed by atoms with Crippen molar-refractivity contribution in [2.24, 2.45) is 0 Å². The van der Waals surface area contributed by atoms with Crippen molar-refractivity contribution in [2.45, 2.75) is 26.2 Å². The number of rotatable bonds is 3. The molecule has 0 aromatic heterocycles. The maximum Gasteiger partial charge on any atom is 0.137 e. The Bertz CT molecular complexity index is 271. The summed E-state index contributed by atoms with van der Waals surface area (Å²) in [6.45, 7) is 8.12. The van der Waals surface area contributed by atoms with Crippen molar-refractivity contribution in [2.75, 3.05) is 13.2 Å². The molecule has 2 heteroatoms. The third-order valence-electron chi connectivity index (χ3n) is 2.13. The van der Waals surface area contributed by atoms with Crippen LogP contribution in [-0.2, 0) is 5.41 Å². The fraction of sp³-hybridized carbons (Fsp3) is 0.500. The summed E-state index contributed by atoms with van der Waals surface area (Å²) in [5, 5.41) is 0. The second-order valence-electron chi connectivity index (χ2n) is 4.48. The van der Waals surface area contributed by atoms with Gasteiger partial charge in [-0.3, -0.25) is 0 Å². The van der Waals surface area contributed by atoms with E-state index < -0.39 is 0 Å². The molecular weight excluding hydrogens is 174 g/mol. The van der Waals surface area contributed by atoms with Crippen LogP contribution < -0.4 is 10.5 Å². The van der Waals surface area contributed by atoms with Gasteiger partial charge in [0, 0.05) is 0 Å². The molecule has 0 unspecified atom stereocenters. The lowest BCUT2D eigenvalue weighted by Crippen LogP contribution is -2.52. The summed E-state index contributed by atoms with van der Waals surface area (Å²) in [7, 11) is 0. The summed E-state index contributed by atoms with van der Waals surface area (Å²) in [5.74, 6) is 0.932. The minimum absolute atomic E-state index is 0.213. The third-order valence-corrected chi connectivity index (χ3v) is 2.13. The van der Waals surface area contributed by atoms with Crippen molar-refractivity contribution >= 4 is 0 Å². The van der Waals surface area contributed by atoms with Crippen molar-refractivity contribution in [3.05, 3.63) is 29.8 Å². The molecular formula is C12H20NO+. The molecule has 0 aliphatic heterocycles. The maximum atomic E-state index is 5.46. The first-order valence-corrected chi connectivity index (χ1v) is 5.06. The van der Waals surface area contributed by atoms with Crippen molar-refractivity contribution in [3.8, 4) is 5.75 Å². The van der Waals surface area contributed by atoms with Gasteiger partial charge in [0.05, 0.1) is 0 Å². The van der Waals surface area contributed by atoms with Gasteiger partial charge in [0.15, 0.2) is 0 Å². The molecule has 0 atom stereocenters. The molecule has 0 fully saturated rings. The van der Waals surface area contributed by atoms with Crippen LogP contribution in [0.3, 0.4) is 0 Å². The summed E-state index contributed by atoms with van der Waals surface area (Å²) < 4.78 is 5.46. The lowest BCUT2D eigenvalue weighted by molar-refractivity contribution is -0.370. The van der Waals surface area contributed by atoms with Crippen LogP contribution in [0, 0.1) is 0 Å². The predicted molar refractivity (Wildman–Crippen MR) is 58.4 cm³/mol. The zero-order valence-electron chi connectivity index (χ0n) is 9.34. The summed E-state index contributed by atoms with van der Waals surface area (Å²) in [6, 6.07) is 8.29. The van der Waals surface area contributed by atoms with Gasteiger partial charge in [0.1, 0.15) is 18.9 Å². The smallest absolute Gasteiger partial charge is 0.137 e. The molecule has 14 heavy (non-hydrogen) atoms. The average Bonchev–Trinajstić information content (AvgIpc) is 2.14. The molecule has 78 valence electrons. The van der Waals surface area contributed by atoms with E-state index in [0.717, 1.165) is 12.3 Å². The molecule has 2 nitrogen and oxygen atoms in total. The number of hydrogen-bond acceptors (Lipinski definition) is 1. The molecule has 0 spiro atoms. The standard InChI is InChI=1S/C12H19NO/c1-12(2,3)10-4-6-11(7-5-10)14-9-8-13/h4-7H,8-9,13H2,1-3H3/p+1. The van der Waals surface area contributed by atoms with Crippen LogP contribution in [0.25, 0.3) is 0 Å². The molecule has 1 aromatic carbocycles. The summed E-state index contributed by atoms with van der Waals surface area (Å²) in [6.07, 6.45) is 0. The van der Waals surface area contributed by atoms with Crippen LogP contribution in [0.2, 0.25) is 0 Å². The average molecular weight is 194 g/mol. The zero-order chi connectivity index (χ0) is 10.6. The Balaban J connectivity index is 2.69. The van der Waals surface area contributed by atoms with Gasteiger partial charge in [0.25, 0.3) is 0 Å². The van der Waals surface area contributed by atoms with Crippen molar-refractivity contribution in [1.29, 1.82) is 0 Å². The Morgan fingerprint density at radius 2 is 1.71 bits per heavy atom. The van der Waals surface area contributed by atoms with E-state index in [-0.39, 0.29) is 5.41 Å². The van der Waals surface area contributed by atoms with Crippen molar-refractivity contribution in [3.63, 3.8) is 0 Å². The Morgan fingerprint density at radius 1 is 1.14 bits per heavy atom. The van der Waals surface area contributed by atoms with E-state index in [0.29, 0.717) is 6.61 Å². The highest BCUT2D eigenvalue weighted by atomic mass is 16.5. The topological polar surface area (TPSA) is 36.9 Å². The van der Waals surface area contributed by atoms with E-state index in [1.807, 2.05) is 12.1 Å². The van der Waals surface area contributed by atoms with Crippen LogP contribution >= 0.6 is 0 Å². The van der Waals surface area contributed by atoms with Gasteiger partial charge >= 0.3 is 0 Å². The molecule has 0 aliphatic carbocycles. The molecule has 0 amide bonds. The summed E-state index contributed by atoms with van der Waals surface area (Å²) in [5.41, 5.74) is 5.28. The highest BCUT2D eigenvalue weighted by Gasteiger charge is 2.12. The minimum atomic E-state index is 0.213. The van der Waals surface area contributed by atoms with E-state index in [1.165, 1.54) is 5.56 Å². The minimum Gasteiger partial charge on any atom is -0.488 e. The van der Waals surface area contributed by atoms with Crippen LogP contribution in [0.4, 0.5) is 0 Å². The van der Waals surface area contributed by atoms with Crippen LogP contribution in [0.5, 0.6) is 5.75 Å². The van der Waals surface area contributed by atoms with Gasteiger partial charge in [-0.05, 0) is 23.1 Å². The quantitative estimate of drug-likeness (QED) is 0.779. The Kier molecular flexibility index (Phi) is 3.53. The van der Waals surface area contributed by atoms with Crippen LogP contribution in [0.15, 0.2) is 24.3 Å². The van der Waals surface area contributed by atoms with E-state index in [1.54, 1.807) is 0 Å². The fourth-order valence-corrected chi connectivity index (χ4v) is 1.24. The Labute approximate surface area is 86.1 Å². The lowest BCUT2D eigenvalue weighted by Gasteiger charge is -2.19. The van der Waals surface area contributed by atoms with Crippen LogP contribution in [0.1, 0.15) is 26.3 Å². The molecule has 0 bridgehead atoms. The fourth-order valence-electron chi connectivity index (χ4n) is 1.24. The largest absolute Gasteiger partial charge is 0.488 e. The third kappa shape index (κ3) is 3.04. The molecule has 0 saturated carbocycles. The molecule has 1 rings (SSSR count). The van der Waals surface area contributed by atoms with Gasteiger partial charge in [-0.25, -0.2) is 0 Å². The highest BCUT2D eigenvalue weighted by molar-refractivity contribution is 5.30. The Morgan fingerprint density at radius 3 is 2.14 bits per heavy atom. The SMILES string of the molecule is CC(C)(C)c1ccc(OCC[NH3+])cc1. The van der Waals surface area contributed by atoms with Crippen molar-refractivity contribution in [1.82, 2.24) is 0 Å². The van der Waals surface area contributed by atoms with Crippen molar-refractivity contribution < 1.29 is 10.5 Å². The zero-order valence-corrected chi connectivity index (χ0v) is 9.34. The van der Waals surface area contributed by atoms with Gasteiger partial charge in [-0.1, -0.05) is 32.9 Å². The van der Waals surface area contributed by atoms with E-state index in [4.69, 9.17) is 4.74 Å². The number of benzene rings is 1.